The molecule has 2 atom stereocenters. The lowest BCUT2D eigenvalue weighted by molar-refractivity contribution is -0.142. The number of carbonyl (C=O) groups excluding carboxylic acids is 2. The molecule has 0 aliphatic heterocycles. The molecule has 0 aromatic heterocycles. The first-order valence-corrected chi connectivity index (χ1v) is 8.32. The van der Waals surface area contributed by atoms with Gasteiger partial charge in [0.1, 0.15) is 29.3 Å². The zero-order valence-corrected chi connectivity index (χ0v) is 15.2. The van der Waals surface area contributed by atoms with E-state index < -0.39 is 53.0 Å². The van der Waals surface area contributed by atoms with Gasteiger partial charge in [-0.2, -0.15) is 0 Å². The number of rotatable bonds is 8. The average molecular weight is 370 g/mol. The highest BCUT2D eigenvalue weighted by Gasteiger charge is 2.30. The van der Waals surface area contributed by atoms with Crippen LogP contribution in [0.15, 0.2) is 18.2 Å². The van der Waals surface area contributed by atoms with Gasteiger partial charge < -0.3 is 15.7 Å². The van der Waals surface area contributed by atoms with Crippen molar-refractivity contribution in [2.75, 3.05) is 0 Å². The second-order valence-corrected chi connectivity index (χ2v) is 6.82. The van der Waals surface area contributed by atoms with Crippen molar-refractivity contribution in [1.82, 2.24) is 10.6 Å². The Kier molecular flexibility index (Phi) is 7.67. The van der Waals surface area contributed by atoms with Crippen LogP contribution in [0.2, 0.25) is 0 Å². The summed E-state index contributed by atoms with van der Waals surface area (Å²) in [6.45, 7) is 6.87. The van der Waals surface area contributed by atoms with Crippen molar-refractivity contribution in [3.63, 3.8) is 0 Å². The first-order valence-electron chi connectivity index (χ1n) is 8.32. The van der Waals surface area contributed by atoms with Crippen LogP contribution < -0.4 is 10.6 Å². The monoisotopic (exact) mass is 370 g/mol. The number of amides is 2. The topological polar surface area (TPSA) is 95.5 Å². The summed E-state index contributed by atoms with van der Waals surface area (Å²) >= 11 is 0. The van der Waals surface area contributed by atoms with Gasteiger partial charge in [0, 0.05) is 0 Å². The number of nitrogens with one attached hydrogen (secondary N) is 2. The maximum absolute atomic E-state index is 13.7. The predicted molar refractivity (Wildman–Crippen MR) is 91.5 cm³/mol. The Morgan fingerprint density at radius 1 is 1.04 bits per heavy atom. The molecule has 1 aromatic rings. The van der Waals surface area contributed by atoms with Crippen LogP contribution in [0, 0.1) is 23.5 Å². The number of aliphatic carboxylic acids is 1. The summed E-state index contributed by atoms with van der Waals surface area (Å²) in [7, 11) is 0. The van der Waals surface area contributed by atoms with Crippen molar-refractivity contribution in [1.29, 1.82) is 0 Å². The second kappa shape index (κ2) is 9.26. The molecule has 0 saturated carbocycles. The van der Waals surface area contributed by atoms with E-state index in [1.54, 1.807) is 13.8 Å². The van der Waals surface area contributed by atoms with Gasteiger partial charge in [-0.1, -0.05) is 33.8 Å². The molecule has 144 valence electrons. The van der Waals surface area contributed by atoms with Gasteiger partial charge in [0.25, 0.3) is 5.91 Å². The number of benzene rings is 1. The van der Waals surface area contributed by atoms with Crippen LogP contribution in [0.5, 0.6) is 0 Å². The number of hydrogen-bond donors (Lipinski definition) is 3. The summed E-state index contributed by atoms with van der Waals surface area (Å²) in [5, 5.41) is 13.9. The standard InChI is InChI=1S/C18H24F2N2O4/c1-9(2)8-13(18(25)26)21-17(24)15(10(3)4)22-16(23)14-11(19)6-5-7-12(14)20/h5-7,9-10,13,15H,8H2,1-4H3,(H,21,24)(H,22,23)(H,25,26)/t13-,15?/m1/s1. The molecule has 0 heterocycles. The third-order valence-corrected chi connectivity index (χ3v) is 3.75. The van der Waals surface area contributed by atoms with E-state index in [0.29, 0.717) is 0 Å². The molecule has 0 bridgehead atoms. The number of carboxylic acid groups (broad SMARTS) is 1. The van der Waals surface area contributed by atoms with Crippen molar-refractivity contribution in [3.05, 3.63) is 35.4 Å². The summed E-state index contributed by atoms with van der Waals surface area (Å²) in [6.07, 6.45) is 0.210. The Morgan fingerprint density at radius 2 is 1.58 bits per heavy atom. The van der Waals surface area contributed by atoms with E-state index in [-0.39, 0.29) is 12.3 Å². The van der Waals surface area contributed by atoms with Crippen LogP contribution in [0.25, 0.3) is 0 Å². The minimum atomic E-state index is -1.19. The molecule has 1 unspecified atom stereocenters. The number of hydrogen-bond acceptors (Lipinski definition) is 3. The average Bonchev–Trinajstić information content (AvgIpc) is 2.50. The quantitative estimate of drug-likeness (QED) is 0.654. The van der Waals surface area contributed by atoms with Crippen LogP contribution >= 0.6 is 0 Å². The number of carboxylic acids is 1. The molecule has 26 heavy (non-hydrogen) atoms. The Labute approximate surface area is 151 Å². The maximum Gasteiger partial charge on any atom is 0.326 e. The molecule has 0 aliphatic rings. The lowest BCUT2D eigenvalue weighted by Gasteiger charge is -2.24. The molecule has 0 fully saturated rings. The maximum atomic E-state index is 13.7. The molecular weight excluding hydrogens is 346 g/mol. The second-order valence-electron chi connectivity index (χ2n) is 6.82. The van der Waals surface area contributed by atoms with E-state index in [1.807, 2.05) is 13.8 Å². The first-order chi connectivity index (χ1) is 12.0. The third kappa shape index (κ3) is 5.79. The summed E-state index contributed by atoms with van der Waals surface area (Å²) in [5.74, 6) is -5.50. The molecule has 1 aromatic carbocycles. The SMILES string of the molecule is CC(C)C[C@@H](NC(=O)C(NC(=O)c1c(F)cccc1F)C(C)C)C(=O)O. The van der Waals surface area contributed by atoms with Crippen LogP contribution in [-0.2, 0) is 9.59 Å². The van der Waals surface area contributed by atoms with Crippen molar-refractivity contribution in [2.24, 2.45) is 11.8 Å². The van der Waals surface area contributed by atoms with Gasteiger partial charge in [0.2, 0.25) is 5.91 Å². The Bertz CT molecular complexity index is 657. The van der Waals surface area contributed by atoms with Gasteiger partial charge in [0.05, 0.1) is 0 Å². The fraction of sp³-hybridized carbons (Fsp3) is 0.500. The summed E-state index contributed by atoms with van der Waals surface area (Å²) in [5.41, 5.74) is -0.789. The highest BCUT2D eigenvalue weighted by molar-refractivity contribution is 5.98. The van der Waals surface area contributed by atoms with Gasteiger partial charge in [-0.25, -0.2) is 13.6 Å². The largest absolute Gasteiger partial charge is 0.480 e. The molecule has 0 saturated heterocycles. The van der Waals surface area contributed by atoms with Crippen molar-refractivity contribution >= 4 is 17.8 Å². The van der Waals surface area contributed by atoms with E-state index in [2.05, 4.69) is 10.6 Å². The van der Waals surface area contributed by atoms with E-state index >= 15 is 0 Å². The lowest BCUT2D eigenvalue weighted by atomic mass is 10.00. The number of halogens is 2. The molecule has 6 nitrogen and oxygen atoms in total. The van der Waals surface area contributed by atoms with Gasteiger partial charge >= 0.3 is 5.97 Å². The summed E-state index contributed by atoms with van der Waals surface area (Å²) in [4.78, 5) is 36.0. The third-order valence-electron chi connectivity index (χ3n) is 3.75. The Hall–Kier alpha value is -2.51. The number of carbonyl (C=O) groups is 3. The smallest absolute Gasteiger partial charge is 0.326 e. The Balaban J connectivity index is 2.96. The normalized spacial score (nSPS) is 13.4. The molecule has 3 N–H and O–H groups in total. The van der Waals surface area contributed by atoms with Gasteiger partial charge in [-0.05, 0) is 30.4 Å². The Morgan fingerprint density at radius 3 is 2.00 bits per heavy atom. The molecule has 0 spiro atoms. The van der Waals surface area contributed by atoms with Crippen molar-refractivity contribution < 1.29 is 28.3 Å². The highest BCUT2D eigenvalue weighted by atomic mass is 19.1. The molecule has 0 radical (unpaired) electrons. The van der Waals surface area contributed by atoms with Crippen molar-refractivity contribution in [3.8, 4) is 0 Å². The zero-order chi connectivity index (χ0) is 20.0. The summed E-state index contributed by atoms with van der Waals surface area (Å²) in [6, 6.07) is 0.732. The molecule has 1 rings (SSSR count). The molecule has 8 heteroatoms. The van der Waals surface area contributed by atoms with E-state index in [0.717, 1.165) is 18.2 Å². The fourth-order valence-corrected chi connectivity index (χ4v) is 2.42. The minimum absolute atomic E-state index is 0.0241. The van der Waals surface area contributed by atoms with E-state index in [4.69, 9.17) is 0 Å². The van der Waals surface area contributed by atoms with Gasteiger partial charge in [0.15, 0.2) is 0 Å². The molecular formula is C18H24F2N2O4. The van der Waals surface area contributed by atoms with Gasteiger partial charge in [-0.3, -0.25) is 9.59 Å². The van der Waals surface area contributed by atoms with Crippen molar-refractivity contribution in [2.45, 2.75) is 46.2 Å². The highest BCUT2D eigenvalue weighted by Crippen LogP contribution is 2.14. The van der Waals surface area contributed by atoms with Crippen LogP contribution in [0.3, 0.4) is 0 Å². The minimum Gasteiger partial charge on any atom is -0.480 e. The van der Waals surface area contributed by atoms with Crippen LogP contribution in [-0.4, -0.2) is 35.0 Å². The lowest BCUT2D eigenvalue weighted by Crippen LogP contribution is -2.54. The molecule has 2 amide bonds. The predicted octanol–water partition coefficient (Wildman–Crippen LogP) is 2.33. The van der Waals surface area contributed by atoms with E-state index in [1.165, 1.54) is 0 Å². The zero-order valence-electron chi connectivity index (χ0n) is 15.2. The molecule has 0 aliphatic carbocycles. The van der Waals surface area contributed by atoms with Gasteiger partial charge in [-0.15, -0.1) is 0 Å². The van der Waals surface area contributed by atoms with Crippen LogP contribution in [0.4, 0.5) is 8.78 Å². The first kappa shape index (κ1) is 21.5. The summed E-state index contributed by atoms with van der Waals surface area (Å²) < 4.78 is 27.5. The fourth-order valence-electron chi connectivity index (χ4n) is 2.42. The van der Waals surface area contributed by atoms with E-state index in [9.17, 15) is 28.3 Å². The van der Waals surface area contributed by atoms with Crippen LogP contribution in [0.1, 0.15) is 44.5 Å².